The highest BCUT2D eigenvalue weighted by molar-refractivity contribution is 9.10. The van der Waals surface area contributed by atoms with E-state index in [2.05, 4.69) is 40.4 Å². The zero-order valence-electron chi connectivity index (χ0n) is 8.13. The highest BCUT2D eigenvalue weighted by Gasteiger charge is 2.09. The molecule has 0 atom stereocenters. The summed E-state index contributed by atoms with van der Waals surface area (Å²) in [6.07, 6.45) is 0. The second-order valence-electron chi connectivity index (χ2n) is 3.08. The first-order valence-electron chi connectivity index (χ1n) is 4.53. The van der Waals surface area contributed by atoms with Gasteiger partial charge in [0.1, 0.15) is 5.75 Å². The Balaban J connectivity index is 2.69. The molecular formula is C11H11BrOS. The Hall–Kier alpha value is -0.540. The molecule has 0 saturated carbocycles. The maximum Gasteiger partial charge on any atom is 0.137 e. The Morgan fingerprint density at radius 3 is 3.00 bits per heavy atom. The fraction of sp³-hybridized carbons (Fsp3) is 0.273. The zero-order chi connectivity index (χ0) is 10.1. The van der Waals surface area contributed by atoms with Crippen molar-refractivity contribution in [3.05, 3.63) is 27.5 Å². The van der Waals surface area contributed by atoms with Crippen LogP contribution in [-0.2, 0) is 0 Å². The Morgan fingerprint density at radius 1 is 1.50 bits per heavy atom. The van der Waals surface area contributed by atoms with E-state index in [9.17, 15) is 0 Å². The predicted molar refractivity (Wildman–Crippen MR) is 65.4 cm³/mol. The van der Waals surface area contributed by atoms with Crippen LogP contribution in [0.4, 0.5) is 0 Å². The van der Waals surface area contributed by atoms with Gasteiger partial charge in [0.15, 0.2) is 0 Å². The number of benzene rings is 1. The molecule has 74 valence electrons. The summed E-state index contributed by atoms with van der Waals surface area (Å²) >= 11 is 5.29. The molecule has 0 unspecified atom stereocenters. The summed E-state index contributed by atoms with van der Waals surface area (Å²) in [5.41, 5.74) is 1.22. The summed E-state index contributed by atoms with van der Waals surface area (Å²) in [6, 6.07) is 4.27. The SMILES string of the molecule is CCOc1c(Br)cc2sccc2c1C. The fourth-order valence-corrected chi connectivity index (χ4v) is 3.22. The van der Waals surface area contributed by atoms with Crippen molar-refractivity contribution in [2.24, 2.45) is 0 Å². The Labute approximate surface area is 95.8 Å². The van der Waals surface area contributed by atoms with E-state index in [4.69, 9.17) is 4.74 Å². The van der Waals surface area contributed by atoms with Gasteiger partial charge in [-0.05, 0) is 52.7 Å². The summed E-state index contributed by atoms with van der Waals surface area (Å²) in [5.74, 6) is 0.971. The van der Waals surface area contributed by atoms with Gasteiger partial charge >= 0.3 is 0 Å². The lowest BCUT2D eigenvalue weighted by Gasteiger charge is -2.10. The molecule has 0 aliphatic heterocycles. The molecular weight excluding hydrogens is 260 g/mol. The molecule has 0 N–H and O–H groups in total. The molecule has 0 saturated heterocycles. The third kappa shape index (κ3) is 1.55. The maximum absolute atomic E-state index is 5.60. The smallest absolute Gasteiger partial charge is 0.137 e. The van der Waals surface area contributed by atoms with Gasteiger partial charge in [-0.15, -0.1) is 11.3 Å². The number of thiophene rings is 1. The van der Waals surface area contributed by atoms with Crippen LogP contribution in [0.5, 0.6) is 5.75 Å². The minimum Gasteiger partial charge on any atom is -0.492 e. The average Bonchev–Trinajstić information content (AvgIpc) is 2.60. The number of hydrogen-bond acceptors (Lipinski definition) is 2. The topological polar surface area (TPSA) is 9.23 Å². The van der Waals surface area contributed by atoms with E-state index in [0.717, 1.165) is 10.2 Å². The first-order chi connectivity index (χ1) is 6.74. The van der Waals surface area contributed by atoms with E-state index in [1.54, 1.807) is 11.3 Å². The number of halogens is 1. The first kappa shape index (κ1) is 9.99. The molecule has 0 fully saturated rings. The van der Waals surface area contributed by atoms with Crippen molar-refractivity contribution < 1.29 is 4.74 Å². The quantitative estimate of drug-likeness (QED) is 0.788. The normalized spacial score (nSPS) is 10.8. The number of ether oxygens (including phenoxy) is 1. The van der Waals surface area contributed by atoms with Crippen LogP contribution >= 0.6 is 27.3 Å². The van der Waals surface area contributed by atoms with E-state index < -0.39 is 0 Å². The Kier molecular flexibility index (Phi) is 2.79. The zero-order valence-corrected chi connectivity index (χ0v) is 10.5. The van der Waals surface area contributed by atoms with Crippen LogP contribution in [-0.4, -0.2) is 6.61 Å². The van der Waals surface area contributed by atoms with Crippen LogP contribution in [0.15, 0.2) is 22.0 Å². The number of aryl methyl sites for hydroxylation is 1. The molecule has 0 aliphatic carbocycles. The van der Waals surface area contributed by atoms with Crippen LogP contribution in [0.25, 0.3) is 10.1 Å². The molecule has 14 heavy (non-hydrogen) atoms. The minimum absolute atomic E-state index is 0.703. The lowest BCUT2D eigenvalue weighted by atomic mass is 10.1. The van der Waals surface area contributed by atoms with Crippen molar-refractivity contribution in [1.82, 2.24) is 0 Å². The molecule has 0 aliphatic rings. The number of fused-ring (bicyclic) bond motifs is 1. The molecule has 0 radical (unpaired) electrons. The van der Waals surface area contributed by atoms with Crippen LogP contribution in [0.3, 0.4) is 0 Å². The monoisotopic (exact) mass is 270 g/mol. The Morgan fingerprint density at radius 2 is 2.29 bits per heavy atom. The molecule has 1 aromatic heterocycles. The minimum atomic E-state index is 0.703. The van der Waals surface area contributed by atoms with Crippen LogP contribution in [0.2, 0.25) is 0 Å². The molecule has 2 rings (SSSR count). The van der Waals surface area contributed by atoms with E-state index >= 15 is 0 Å². The highest BCUT2D eigenvalue weighted by Crippen LogP contribution is 2.37. The largest absolute Gasteiger partial charge is 0.492 e. The van der Waals surface area contributed by atoms with Gasteiger partial charge in [-0.1, -0.05) is 0 Å². The van der Waals surface area contributed by atoms with Gasteiger partial charge in [0, 0.05) is 10.3 Å². The summed E-state index contributed by atoms with van der Waals surface area (Å²) in [7, 11) is 0. The van der Waals surface area contributed by atoms with E-state index in [0.29, 0.717) is 6.61 Å². The molecule has 0 spiro atoms. The van der Waals surface area contributed by atoms with Gasteiger partial charge < -0.3 is 4.74 Å². The third-order valence-electron chi connectivity index (χ3n) is 2.20. The third-order valence-corrected chi connectivity index (χ3v) is 3.66. The van der Waals surface area contributed by atoms with Gasteiger partial charge in [-0.25, -0.2) is 0 Å². The van der Waals surface area contributed by atoms with Gasteiger partial charge in [-0.2, -0.15) is 0 Å². The number of rotatable bonds is 2. The lowest BCUT2D eigenvalue weighted by molar-refractivity contribution is 0.336. The van der Waals surface area contributed by atoms with Crippen LogP contribution < -0.4 is 4.74 Å². The molecule has 0 bridgehead atoms. The van der Waals surface area contributed by atoms with Gasteiger partial charge in [0.2, 0.25) is 0 Å². The molecule has 1 nitrogen and oxygen atoms in total. The fourth-order valence-electron chi connectivity index (χ4n) is 1.55. The van der Waals surface area contributed by atoms with Gasteiger partial charge in [0.25, 0.3) is 0 Å². The molecule has 1 heterocycles. The van der Waals surface area contributed by atoms with Crippen molar-refractivity contribution in [1.29, 1.82) is 0 Å². The van der Waals surface area contributed by atoms with Crippen molar-refractivity contribution in [3.8, 4) is 5.75 Å². The second kappa shape index (κ2) is 3.91. The maximum atomic E-state index is 5.60. The molecule has 0 amide bonds. The van der Waals surface area contributed by atoms with Crippen molar-refractivity contribution in [2.75, 3.05) is 6.61 Å². The lowest BCUT2D eigenvalue weighted by Crippen LogP contribution is -1.95. The van der Waals surface area contributed by atoms with Gasteiger partial charge in [-0.3, -0.25) is 0 Å². The standard InChI is InChI=1S/C11H11BrOS/c1-3-13-11-7(2)8-4-5-14-10(8)6-9(11)12/h4-6H,3H2,1-2H3. The van der Waals surface area contributed by atoms with Gasteiger partial charge in [0.05, 0.1) is 11.1 Å². The van der Waals surface area contributed by atoms with E-state index in [-0.39, 0.29) is 0 Å². The molecule has 2 aromatic rings. The highest BCUT2D eigenvalue weighted by atomic mass is 79.9. The molecule has 3 heteroatoms. The van der Waals surface area contributed by atoms with E-state index in [1.807, 2.05) is 6.92 Å². The van der Waals surface area contributed by atoms with Crippen molar-refractivity contribution >= 4 is 37.4 Å². The summed E-state index contributed by atoms with van der Waals surface area (Å²) in [6.45, 7) is 4.81. The van der Waals surface area contributed by atoms with E-state index in [1.165, 1.54) is 15.6 Å². The molecule has 1 aromatic carbocycles. The van der Waals surface area contributed by atoms with Crippen molar-refractivity contribution in [2.45, 2.75) is 13.8 Å². The summed E-state index contributed by atoms with van der Waals surface area (Å²) < 4.78 is 7.95. The number of hydrogen-bond donors (Lipinski definition) is 0. The summed E-state index contributed by atoms with van der Waals surface area (Å²) in [4.78, 5) is 0. The first-order valence-corrected chi connectivity index (χ1v) is 6.20. The average molecular weight is 271 g/mol. The Bertz CT molecular complexity index is 462. The predicted octanol–water partition coefficient (Wildman–Crippen LogP) is 4.37. The summed E-state index contributed by atoms with van der Waals surface area (Å²) in [5, 5.41) is 3.40. The van der Waals surface area contributed by atoms with Crippen LogP contribution in [0.1, 0.15) is 12.5 Å². The van der Waals surface area contributed by atoms with Crippen LogP contribution in [0, 0.1) is 6.92 Å². The second-order valence-corrected chi connectivity index (χ2v) is 4.88. The van der Waals surface area contributed by atoms with Crippen molar-refractivity contribution in [3.63, 3.8) is 0 Å².